The fourth-order valence-electron chi connectivity index (χ4n) is 3.99. The molecule has 0 unspecified atom stereocenters. The highest BCUT2D eigenvalue weighted by molar-refractivity contribution is 7.99. The first-order valence-electron chi connectivity index (χ1n) is 11.2. The Labute approximate surface area is 199 Å². The molecule has 33 heavy (non-hydrogen) atoms. The topological polar surface area (TPSA) is 69.5 Å². The van der Waals surface area contributed by atoms with E-state index in [-0.39, 0.29) is 5.91 Å². The van der Waals surface area contributed by atoms with Crippen molar-refractivity contribution in [1.29, 1.82) is 0 Å². The Morgan fingerprint density at radius 3 is 2.36 bits per heavy atom. The lowest BCUT2D eigenvalue weighted by atomic mass is 9.99. The molecule has 8 heteroatoms. The van der Waals surface area contributed by atoms with Crippen LogP contribution in [0.5, 0.6) is 11.5 Å². The zero-order valence-electron chi connectivity index (χ0n) is 19.6. The van der Waals surface area contributed by atoms with E-state index in [4.69, 9.17) is 9.47 Å². The average molecular weight is 467 g/mol. The number of nitrogens with zero attached hydrogens (tertiary/aromatic N) is 4. The van der Waals surface area contributed by atoms with E-state index in [0.29, 0.717) is 34.2 Å². The number of carbonyl (C=O) groups is 1. The Kier molecular flexibility index (Phi) is 7.23. The normalized spacial score (nSPS) is 14.4. The number of ether oxygens (including phenoxy) is 2. The van der Waals surface area contributed by atoms with Gasteiger partial charge in [0.05, 0.1) is 25.7 Å². The van der Waals surface area contributed by atoms with Crippen molar-refractivity contribution in [3.05, 3.63) is 48.0 Å². The Morgan fingerprint density at radius 2 is 1.73 bits per heavy atom. The molecule has 2 heterocycles. The summed E-state index contributed by atoms with van der Waals surface area (Å²) in [6, 6.07) is 13.7. The molecule has 0 aliphatic carbocycles. The highest BCUT2D eigenvalue weighted by Crippen LogP contribution is 2.33. The Morgan fingerprint density at radius 1 is 1.06 bits per heavy atom. The summed E-state index contributed by atoms with van der Waals surface area (Å²) >= 11 is 1.42. The minimum Gasteiger partial charge on any atom is -0.497 e. The molecule has 1 aliphatic heterocycles. The first kappa shape index (κ1) is 23.2. The van der Waals surface area contributed by atoms with Crippen LogP contribution in [0.1, 0.15) is 25.3 Å². The molecule has 4 rings (SSSR count). The van der Waals surface area contributed by atoms with Crippen LogP contribution in [-0.4, -0.2) is 58.6 Å². The monoisotopic (exact) mass is 466 g/mol. The molecular formula is C25H30N4O3S. The van der Waals surface area contributed by atoms with Gasteiger partial charge in [-0.15, -0.1) is 10.2 Å². The van der Waals surface area contributed by atoms with Crippen LogP contribution < -0.4 is 9.47 Å². The van der Waals surface area contributed by atoms with Crippen molar-refractivity contribution in [2.45, 2.75) is 31.8 Å². The van der Waals surface area contributed by atoms with Gasteiger partial charge < -0.3 is 14.4 Å². The third-order valence-electron chi connectivity index (χ3n) is 6.06. The Bertz CT molecular complexity index is 1100. The predicted molar refractivity (Wildman–Crippen MR) is 130 cm³/mol. The van der Waals surface area contributed by atoms with Crippen molar-refractivity contribution in [1.82, 2.24) is 19.7 Å². The van der Waals surface area contributed by atoms with Gasteiger partial charge in [0.25, 0.3) is 0 Å². The first-order chi connectivity index (χ1) is 16.0. The highest BCUT2D eigenvalue weighted by atomic mass is 32.2. The maximum atomic E-state index is 12.9. The summed E-state index contributed by atoms with van der Waals surface area (Å²) in [5.41, 5.74) is 2.89. The Hall–Kier alpha value is -3.00. The summed E-state index contributed by atoms with van der Waals surface area (Å²) in [7, 11) is 3.25. The van der Waals surface area contributed by atoms with Crippen molar-refractivity contribution < 1.29 is 14.3 Å². The fraction of sp³-hybridized carbons (Fsp3) is 0.400. The van der Waals surface area contributed by atoms with Crippen molar-refractivity contribution >= 4 is 17.7 Å². The fourth-order valence-corrected chi connectivity index (χ4v) is 4.84. The molecule has 0 saturated carbocycles. The van der Waals surface area contributed by atoms with Gasteiger partial charge in [-0.3, -0.25) is 9.36 Å². The number of hydrogen-bond donors (Lipinski definition) is 0. The maximum Gasteiger partial charge on any atom is 0.233 e. The molecule has 7 nitrogen and oxygen atoms in total. The van der Waals surface area contributed by atoms with Gasteiger partial charge in [-0.05, 0) is 49.4 Å². The number of piperidine rings is 1. The van der Waals surface area contributed by atoms with Crippen LogP contribution >= 0.6 is 11.8 Å². The number of rotatable bonds is 7. The first-order valence-corrected chi connectivity index (χ1v) is 12.1. The molecule has 0 atom stereocenters. The van der Waals surface area contributed by atoms with Crippen LogP contribution in [0.3, 0.4) is 0 Å². The molecule has 1 fully saturated rings. The average Bonchev–Trinajstić information content (AvgIpc) is 3.26. The largest absolute Gasteiger partial charge is 0.497 e. The van der Waals surface area contributed by atoms with Gasteiger partial charge in [0.2, 0.25) is 5.91 Å². The number of carbonyl (C=O) groups excluding carboxylic acids is 1. The highest BCUT2D eigenvalue weighted by Gasteiger charge is 2.23. The second-order valence-corrected chi connectivity index (χ2v) is 9.32. The number of thioether (sulfide) groups is 1. The van der Waals surface area contributed by atoms with E-state index < -0.39 is 0 Å². The number of aryl methyl sites for hydroxylation is 1. The molecule has 2 aromatic carbocycles. The quantitative estimate of drug-likeness (QED) is 0.474. The molecule has 174 valence electrons. The van der Waals surface area contributed by atoms with Crippen LogP contribution in [0.15, 0.2) is 47.6 Å². The summed E-state index contributed by atoms with van der Waals surface area (Å²) in [5.74, 6) is 3.19. The van der Waals surface area contributed by atoms with Crippen LogP contribution in [-0.2, 0) is 4.79 Å². The molecule has 3 aromatic rings. The minimum atomic E-state index is 0.149. The second-order valence-electron chi connectivity index (χ2n) is 8.38. The molecule has 1 aromatic heterocycles. The lowest BCUT2D eigenvalue weighted by Gasteiger charge is -2.30. The molecule has 1 aliphatic rings. The lowest BCUT2D eigenvalue weighted by molar-refractivity contribution is -0.129. The third-order valence-corrected chi connectivity index (χ3v) is 6.97. The minimum absolute atomic E-state index is 0.149. The number of para-hydroxylation sites is 1. The van der Waals surface area contributed by atoms with Crippen LogP contribution in [0.4, 0.5) is 0 Å². The second kappa shape index (κ2) is 10.3. The summed E-state index contributed by atoms with van der Waals surface area (Å²) < 4.78 is 12.9. The van der Waals surface area contributed by atoms with Crippen molar-refractivity contribution in [3.63, 3.8) is 0 Å². The van der Waals surface area contributed by atoms with Gasteiger partial charge in [-0.1, -0.05) is 36.9 Å². The summed E-state index contributed by atoms with van der Waals surface area (Å²) in [6.07, 6.45) is 2.13. The molecule has 0 radical (unpaired) electrons. The predicted octanol–water partition coefficient (Wildman–Crippen LogP) is 4.61. The van der Waals surface area contributed by atoms with Crippen LogP contribution in [0, 0.1) is 12.8 Å². The lowest BCUT2D eigenvalue weighted by Crippen LogP contribution is -2.38. The molecule has 1 amide bonds. The number of methoxy groups -OCH3 is 2. The zero-order valence-corrected chi connectivity index (χ0v) is 20.4. The number of amides is 1. The summed E-state index contributed by atoms with van der Waals surface area (Å²) in [4.78, 5) is 14.8. The van der Waals surface area contributed by atoms with Crippen molar-refractivity contribution in [3.8, 4) is 28.6 Å². The maximum absolute atomic E-state index is 12.9. The number of benzene rings is 2. The number of aromatic nitrogens is 3. The van der Waals surface area contributed by atoms with Gasteiger partial charge in [0.15, 0.2) is 11.0 Å². The van der Waals surface area contributed by atoms with E-state index in [1.165, 1.54) is 11.8 Å². The standard InChI is InChI=1S/C25H30N4O3S/c1-17-9-11-28(12-10-17)23(30)16-33-25-27-26-24(29(25)22-8-6-5-7-18(22)2)19-13-20(31-3)15-21(14-19)32-4/h5-8,13-15,17H,9-12,16H2,1-4H3. The van der Waals surface area contributed by atoms with E-state index in [9.17, 15) is 4.79 Å². The van der Waals surface area contributed by atoms with Gasteiger partial charge in [-0.25, -0.2) is 0 Å². The molecule has 1 saturated heterocycles. The van der Waals surface area contributed by atoms with Gasteiger partial charge in [0, 0.05) is 24.7 Å². The Balaban J connectivity index is 1.68. The summed E-state index contributed by atoms with van der Waals surface area (Å²) in [6.45, 7) is 5.97. The van der Waals surface area contributed by atoms with Crippen molar-refractivity contribution in [2.24, 2.45) is 5.92 Å². The van der Waals surface area contributed by atoms with Crippen molar-refractivity contribution in [2.75, 3.05) is 33.1 Å². The van der Waals surface area contributed by atoms with Crippen LogP contribution in [0.2, 0.25) is 0 Å². The van der Waals surface area contributed by atoms with E-state index in [1.54, 1.807) is 14.2 Å². The van der Waals surface area contributed by atoms with Gasteiger partial charge >= 0.3 is 0 Å². The van der Waals surface area contributed by atoms with E-state index in [0.717, 1.165) is 42.7 Å². The van der Waals surface area contributed by atoms with E-state index >= 15 is 0 Å². The third kappa shape index (κ3) is 5.16. The number of hydrogen-bond acceptors (Lipinski definition) is 6. The molecule has 0 bridgehead atoms. The van der Waals surface area contributed by atoms with Crippen LogP contribution in [0.25, 0.3) is 17.1 Å². The zero-order chi connectivity index (χ0) is 23.4. The smallest absolute Gasteiger partial charge is 0.233 e. The molecule has 0 N–H and O–H groups in total. The molecule has 0 spiro atoms. The van der Waals surface area contributed by atoms with Gasteiger partial charge in [0.1, 0.15) is 11.5 Å². The molecular weight excluding hydrogens is 436 g/mol. The summed E-state index contributed by atoms with van der Waals surface area (Å²) in [5, 5.41) is 9.67. The van der Waals surface area contributed by atoms with E-state index in [1.807, 2.05) is 45.9 Å². The SMILES string of the molecule is COc1cc(OC)cc(-c2nnc(SCC(=O)N3CCC(C)CC3)n2-c2ccccc2C)c1. The van der Waals surface area contributed by atoms with E-state index in [2.05, 4.69) is 30.1 Å². The number of likely N-dealkylation sites (tertiary alicyclic amines) is 1. The van der Waals surface area contributed by atoms with Gasteiger partial charge in [-0.2, -0.15) is 0 Å².